The Bertz CT molecular complexity index is 1080. The summed E-state index contributed by atoms with van der Waals surface area (Å²) in [6.07, 6.45) is 0. The van der Waals surface area contributed by atoms with Crippen LogP contribution in [0.3, 0.4) is 0 Å². The van der Waals surface area contributed by atoms with Crippen molar-refractivity contribution in [2.45, 2.75) is 11.8 Å². The fourth-order valence-electron chi connectivity index (χ4n) is 3.46. The molecule has 0 radical (unpaired) electrons. The number of rotatable bonds is 10. The average molecular weight is 487 g/mol. The lowest BCUT2D eigenvalue weighted by atomic mass is 10.3. The molecule has 1 aliphatic rings. The van der Waals surface area contributed by atoms with E-state index in [1.54, 1.807) is 12.1 Å². The van der Waals surface area contributed by atoms with Crippen LogP contribution in [-0.4, -0.2) is 75.7 Å². The lowest BCUT2D eigenvalue weighted by molar-refractivity contribution is -0.130. The first-order valence-electron chi connectivity index (χ1n) is 11.0. The number of para-hydroxylation sites is 2. The van der Waals surface area contributed by atoms with Gasteiger partial charge in [0.05, 0.1) is 5.75 Å². The van der Waals surface area contributed by atoms with Crippen LogP contribution in [0.15, 0.2) is 59.8 Å². The molecular formula is C23H27FN6O3S. The van der Waals surface area contributed by atoms with E-state index in [-0.39, 0.29) is 24.0 Å². The van der Waals surface area contributed by atoms with Crippen molar-refractivity contribution in [3.63, 3.8) is 0 Å². The first-order chi connectivity index (χ1) is 16.6. The van der Waals surface area contributed by atoms with Crippen molar-refractivity contribution < 1.29 is 18.7 Å². The zero-order valence-corrected chi connectivity index (χ0v) is 19.5. The van der Waals surface area contributed by atoms with E-state index in [1.807, 2.05) is 35.2 Å². The predicted molar refractivity (Wildman–Crippen MR) is 127 cm³/mol. The van der Waals surface area contributed by atoms with E-state index < -0.39 is 5.82 Å². The van der Waals surface area contributed by atoms with E-state index in [0.717, 1.165) is 25.4 Å². The number of nitrogen functional groups attached to an aromatic ring is 1. The van der Waals surface area contributed by atoms with Crippen molar-refractivity contribution in [1.29, 1.82) is 0 Å². The number of hydrogen-bond donors (Lipinski definition) is 1. The number of piperazine rings is 1. The minimum Gasteiger partial charge on any atom is -0.492 e. The fourth-order valence-corrected chi connectivity index (χ4v) is 4.23. The number of thioether (sulfide) groups is 1. The van der Waals surface area contributed by atoms with Crippen molar-refractivity contribution >= 4 is 17.7 Å². The number of nitrogens with two attached hydrogens (primary N) is 1. The average Bonchev–Trinajstić information content (AvgIpc) is 3.22. The minimum absolute atomic E-state index is 0.0253. The summed E-state index contributed by atoms with van der Waals surface area (Å²) < 4.78 is 26.1. The Hall–Kier alpha value is -3.31. The first kappa shape index (κ1) is 23.8. The number of ether oxygens (including phenoxy) is 2. The van der Waals surface area contributed by atoms with Crippen LogP contribution in [0.4, 0.5) is 4.39 Å². The Balaban J connectivity index is 1.17. The second-order valence-electron chi connectivity index (χ2n) is 7.66. The molecule has 0 atom stereocenters. The molecule has 9 nitrogen and oxygen atoms in total. The summed E-state index contributed by atoms with van der Waals surface area (Å²) in [5.74, 6) is 7.11. The molecule has 2 N–H and O–H groups in total. The Morgan fingerprint density at radius 2 is 1.74 bits per heavy atom. The van der Waals surface area contributed by atoms with Crippen molar-refractivity contribution in [2.75, 3.05) is 50.9 Å². The second-order valence-corrected chi connectivity index (χ2v) is 8.60. The summed E-state index contributed by atoms with van der Waals surface area (Å²) in [6, 6.07) is 15.8. The molecule has 0 spiro atoms. The third-order valence-corrected chi connectivity index (χ3v) is 6.33. The Morgan fingerprint density at radius 1 is 1.00 bits per heavy atom. The topological polar surface area (TPSA) is 98.7 Å². The van der Waals surface area contributed by atoms with Crippen LogP contribution in [0.2, 0.25) is 0 Å². The Labute approximate surface area is 201 Å². The zero-order valence-electron chi connectivity index (χ0n) is 18.7. The normalized spacial score (nSPS) is 14.2. The fraction of sp³-hybridized carbons (Fsp3) is 0.348. The van der Waals surface area contributed by atoms with E-state index in [9.17, 15) is 9.18 Å². The third-order valence-electron chi connectivity index (χ3n) is 5.40. The molecule has 2 aromatic carbocycles. The van der Waals surface area contributed by atoms with E-state index in [0.29, 0.717) is 30.7 Å². The van der Waals surface area contributed by atoms with Gasteiger partial charge in [-0.05, 0) is 24.3 Å². The van der Waals surface area contributed by atoms with Crippen molar-refractivity contribution in [3.8, 4) is 11.5 Å². The molecule has 2 heterocycles. The van der Waals surface area contributed by atoms with Crippen molar-refractivity contribution in [3.05, 3.63) is 66.2 Å². The van der Waals surface area contributed by atoms with Gasteiger partial charge < -0.3 is 20.2 Å². The molecule has 4 rings (SSSR count). The van der Waals surface area contributed by atoms with Gasteiger partial charge in [-0.25, -0.2) is 9.07 Å². The number of halogens is 1. The van der Waals surface area contributed by atoms with Gasteiger partial charge in [-0.15, -0.1) is 10.2 Å². The number of carbonyl (C=O) groups excluding carboxylic acids is 1. The van der Waals surface area contributed by atoms with Crippen LogP contribution in [0, 0.1) is 5.82 Å². The van der Waals surface area contributed by atoms with Gasteiger partial charge in [-0.1, -0.05) is 42.1 Å². The molecule has 34 heavy (non-hydrogen) atoms. The van der Waals surface area contributed by atoms with Crippen LogP contribution < -0.4 is 15.3 Å². The van der Waals surface area contributed by atoms with Crippen molar-refractivity contribution in [1.82, 2.24) is 24.7 Å². The van der Waals surface area contributed by atoms with Crippen LogP contribution in [0.1, 0.15) is 5.82 Å². The number of hydrogen-bond acceptors (Lipinski definition) is 8. The van der Waals surface area contributed by atoms with Gasteiger partial charge in [0.2, 0.25) is 11.1 Å². The molecule has 1 aromatic heterocycles. The summed E-state index contributed by atoms with van der Waals surface area (Å²) in [4.78, 5) is 16.8. The van der Waals surface area contributed by atoms with E-state index in [4.69, 9.17) is 15.3 Å². The summed E-state index contributed by atoms with van der Waals surface area (Å²) in [6.45, 7) is 4.35. The highest BCUT2D eigenvalue weighted by Gasteiger charge is 2.22. The molecule has 1 saturated heterocycles. The lowest BCUT2D eigenvalue weighted by Crippen LogP contribution is -2.50. The van der Waals surface area contributed by atoms with Crippen LogP contribution in [-0.2, 0) is 11.4 Å². The second kappa shape index (κ2) is 11.7. The molecule has 0 aliphatic carbocycles. The molecule has 180 valence electrons. The SMILES string of the molecule is Nn1c(COc2ccccc2F)nnc1SCC(=O)N1CCN(CCOc2ccccc2)CC1. The molecular weight excluding hydrogens is 459 g/mol. The van der Waals surface area contributed by atoms with Crippen molar-refractivity contribution in [2.24, 2.45) is 0 Å². The molecule has 11 heteroatoms. The zero-order chi connectivity index (χ0) is 23.8. The van der Waals surface area contributed by atoms with Gasteiger partial charge in [0.15, 0.2) is 17.4 Å². The molecule has 0 bridgehead atoms. The Morgan fingerprint density at radius 3 is 2.50 bits per heavy atom. The minimum atomic E-state index is -0.463. The van der Waals surface area contributed by atoms with Crippen LogP contribution in [0.5, 0.6) is 11.5 Å². The monoisotopic (exact) mass is 486 g/mol. The summed E-state index contributed by atoms with van der Waals surface area (Å²) >= 11 is 1.22. The third kappa shape index (κ3) is 6.39. The predicted octanol–water partition coefficient (Wildman–Crippen LogP) is 2.03. The highest BCUT2D eigenvalue weighted by atomic mass is 32.2. The maximum atomic E-state index is 13.7. The largest absolute Gasteiger partial charge is 0.492 e. The summed E-state index contributed by atoms with van der Waals surface area (Å²) in [5.41, 5.74) is 0. The van der Waals surface area contributed by atoms with Gasteiger partial charge in [-0.2, -0.15) is 0 Å². The number of benzene rings is 2. The smallest absolute Gasteiger partial charge is 0.233 e. The standard InChI is InChI=1S/C23H27FN6O3S/c24-19-8-4-5-9-20(19)33-16-21-26-27-23(30(21)25)34-17-22(31)29-12-10-28(11-13-29)14-15-32-18-6-2-1-3-7-18/h1-9H,10-17,25H2. The molecule has 3 aromatic rings. The molecule has 1 amide bonds. The highest BCUT2D eigenvalue weighted by Crippen LogP contribution is 2.19. The number of nitrogens with zero attached hydrogens (tertiary/aromatic N) is 5. The summed E-state index contributed by atoms with van der Waals surface area (Å²) in [5, 5.41) is 8.41. The lowest BCUT2D eigenvalue weighted by Gasteiger charge is -2.34. The molecule has 0 unspecified atom stereocenters. The maximum absolute atomic E-state index is 13.7. The first-order valence-corrected chi connectivity index (χ1v) is 12.0. The number of amides is 1. The molecule has 1 aliphatic heterocycles. The van der Waals surface area contributed by atoms with Gasteiger partial charge in [0.25, 0.3) is 0 Å². The van der Waals surface area contributed by atoms with E-state index in [1.165, 1.54) is 28.6 Å². The summed E-state index contributed by atoms with van der Waals surface area (Å²) in [7, 11) is 0. The Kier molecular flexibility index (Phi) is 8.21. The van der Waals surface area contributed by atoms with Gasteiger partial charge >= 0.3 is 0 Å². The molecule has 0 saturated carbocycles. The van der Waals surface area contributed by atoms with Crippen LogP contribution in [0.25, 0.3) is 0 Å². The quantitative estimate of drug-likeness (QED) is 0.343. The van der Waals surface area contributed by atoms with Gasteiger partial charge in [0.1, 0.15) is 19.0 Å². The number of aromatic nitrogens is 3. The highest BCUT2D eigenvalue weighted by molar-refractivity contribution is 7.99. The van der Waals surface area contributed by atoms with Crippen LogP contribution >= 0.6 is 11.8 Å². The van der Waals surface area contributed by atoms with E-state index >= 15 is 0 Å². The van der Waals surface area contributed by atoms with Gasteiger partial charge in [0, 0.05) is 32.7 Å². The number of carbonyl (C=O) groups is 1. The maximum Gasteiger partial charge on any atom is 0.233 e. The van der Waals surface area contributed by atoms with E-state index in [2.05, 4.69) is 15.1 Å². The van der Waals surface area contributed by atoms with Gasteiger partial charge in [-0.3, -0.25) is 9.69 Å². The molecule has 1 fully saturated rings.